The van der Waals surface area contributed by atoms with E-state index in [0.29, 0.717) is 36.9 Å². The molecule has 1 N–H and O–H groups in total. The Bertz CT molecular complexity index is 1360. The first-order valence-corrected chi connectivity index (χ1v) is 13.7. The van der Waals surface area contributed by atoms with E-state index in [1.165, 1.54) is 30.3 Å². The zero-order chi connectivity index (χ0) is 27.3. The lowest BCUT2D eigenvalue weighted by Crippen LogP contribution is -2.42. The van der Waals surface area contributed by atoms with E-state index < -0.39 is 28.3 Å². The number of nitrogens with one attached hydrogen (secondary N) is 1. The molecule has 1 atom stereocenters. The number of amides is 1. The van der Waals surface area contributed by atoms with Gasteiger partial charge in [0.25, 0.3) is 10.0 Å². The average Bonchev–Trinajstić information content (AvgIpc) is 2.91. The van der Waals surface area contributed by atoms with E-state index in [1.807, 2.05) is 38.1 Å². The molecule has 0 saturated heterocycles. The Labute approximate surface area is 222 Å². The van der Waals surface area contributed by atoms with Crippen LogP contribution in [-0.2, 0) is 14.8 Å². The number of ether oxygens (including phenoxy) is 3. The van der Waals surface area contributed by atoms with Crippen molar-refractivity contribution in [3.63, 3.8) is 0 Å². The highest BCUT2D eigenvalue weighted by Gasteiger charge is 2.30. The molecular weight excluding hydrogens is 511 g/mol. The molecule has 10 heteroatoms. The summed E-state index contributed by atoms with van der Waals surface area (Å²) in [7, 11) is -2.65. The van der Waals surface area contributed by atoms with Crippen molar-refractivity contribution in [3.8, 4) is 17.2 Å². The fourth-order valence-corrected chi connectivity index (χ4v) is 5.63. The molecule has 0 radical (unpaired) electrons. The van der Waals surface area contributed by atoms with Gasteiger partial charge < -0.3 is 19.5 Å². The zero-order valence-corrected chi connectivity index (χ0v) is 22.3. The van der Waals surface area contributed by atoms with Crippen molar-refractivity contribution in [2.24, 2.45) is 5.92 Å². The molecule has 1 aliphatic heterocycles. The van der Waals surface area contributed by atoms with Crippen LogP contribution in [0.5, 0.6) is 17.2 Å². The molecule has 0 saturated carbocycles. The first-order valence-electron chi connectivity index (χ1n) is 12.3. The summed E-state index contributed by atoms with van der Waals surface area (Å²) < 4.78 is 58.5. The maximum Gasteiger partial charge on any atom is 0.264 e. The number of hydrogen-bond donors (Lipinski definition) is 1. The van der Waals surface area contributed by atoms with Crippen molar-refractivity contribution < 1.29 is 31.8 Å². The maximum absolute atomic E-state index is 13.8. The Kier molecular flexibility index (Phi) is 8.41. The summed E-state index contributed by atoms with van der Waals surface area (Å²) in [6.45, 7) is 4.24. The number of anilines is 1. The van der Waals surface area contributed by atoms with Crippen LogP contribution in [0.2, 0.25) is 0 Å². The number of carbonyl (C=O) groups is 1. The highest BCUT2D eigenvalue weighted by Crippen LogP contribution is 2.34. The van der Waals surface area contributed by atoms with Crippen molar-refractivity contribution >= 4 is 21.6 Å². The van der Waals surface area contributed by atoms with Gasteiger partial charge in [-0.2, -0.15) is 0 Å². The van der Waals surface area contributed by atoms with Gasteiger partial charge in [0.05, 0.1) is 23.7 Å². The molecular formula is C28H31FN2O6S. The van der Waals surface area contributed by atoms with Crippen molar-refractivity contribution in [2.45, 2.75) is 31.2 Å². The Morgan fingerprint density at radius 2 is 1.66 bits per heavy atom. The molecule has 3 aromatic rings. The maximum atomic E-state index is 13.8. The average molecular weight is 543 g/mol. The van der Waals surface area contributed by atoms with Crippen molar-refractivity contribution in [2.75, 3.05) is 31.2 Å². The summed E-state index contributed by atoms with van der Waals surface area (Å²) in [6.07, 6.45) is 0.642. The van der Waals surface area contributed by atoms with Gasteiger partial charge in [0.15, 0.2) is 11.5 Å². The SMILES string of the molecule is COc1ccc([C@@H](CC(C)C)NC(=O)CN(c2ccc(F)cc2)S(=O)(=O)c2ccc3c(c2)OCCO3)cc1. The van der Waals surface area contributed by atoms with Crippen molar-refractivity contribution in [1.82, 2.24) is 5.32 Å². The molecule has 1 aliphatic rings. The second-order valence-electron chi connectivity index (χ2n) is 9.32. The van der Waals surface area contributed by atoms with E-state index in [-0.39, 0.29) is 22.5 Å². The quantitative estimate of drug-likeness (QED) is 0.399. The number of rotatable bonds is 10. The summed E-state index contributed by atoms with van der Waals surface area (Å²) in [5, 5.41) is 2.98. The normalized spacial score (nSPS) is 13.6. The van der Waals surface area contributed by atoms with E-state index in [2.05, 4.69) is 5.32 Å². The predicted molar refractivity (Wildman–Crippen MR) is 142 cm³/mol. The van der Waals surface area contributed by atoms with Gasteiger partial charge in [-0.15, -0.1) is 0 Å². The number of methoxy groups -OCH3 is 1. The molecule has 0 spiro atoms. The number of sulfonamides is 1. The summed E-state index contributed by atoms with van der Waals surface area (Å²) in [5.41, 5.74) is 1.03. The fourth-order valence-electron chi connectivity index (χ4n) is 4.19. The van der Waals surface area contributed by atoms with Crippen LogP contribution in [0.25, 0.3) is 0 Å². The minimum Gasteiger partial charge on any atom is -0.497 e. The number of carbonyl (C=O) groups excluding carboxylic acids is 1. The highest BCUT2D eigenvalue weighted by molar-refractivity contribution is 7.92. The third-order valence-electron chi connectivity index (χ3n) is 6.06. The van der Waals surface area contributed by atoms with Crippen molar-refractivity contribution in [1.29, 1.82) is 0 Å². The zero-order valence-electron chi connectivity index (χ0n) is 21.5. The minimum atomic E-state index is -4.23. The lowest BCUT2D eigenvalue weighted by molar-refractivity contribution is -0.120. The summed E-state index contributed by atoms with van der Waals surface area (Å²) in [5.74, 6) is 0.673. The van der Waals surface area contributed by atoms with E-state index >= 15 is 0 Å². The van der Waals surface area contributed by atoms with Gasteiger partial charge in [0, 0.05) is 6.07 Å². The smallest absolute Gasteiger partial charge is 0.264 e. The Balaban J connectivity index is 1.63. The lowest BCUT2D eigenvalue weighted by Gasteiger charge is -2.27. The molecule has 202 valence electrons. The molecule has 1 heterocycles. The van der Waals surface area contributed by atoms with Gasteiger partial charge in [-0.1, -0.05) is 26.0 Å². The lowest BCUT2D eigenvalue weighted by atomic mass is 9.97. The van der Waals surface area contributed by atoms with E-state index in [1.54, 1.807) is 7.11 Å². The number of hydrogen-bond acceptors (Lipinski definition) is 6. The van der Waals surface area contributed by atoms with Gasteiger partial charge in [-0.05, 0) is 66.4 Å². The number of halogens is 1. The molecule has 3 aromatic carbocycles. The largest absolute Gasteiger partial charge is 0.497 e. The van der Waals surface area contributed by atoms with Gasteiger partial charge in [0.1, 0.15) is 31.3 Å². The van der Waals surface area contributed by atoms with Crippen molar-refractivity contribution in [3.05, 3.63) is 78.1 Å². The fraction of sp³-hybridized carbons (Fsp3) is 0.321. The van der Waals surface area contributed by atoms with Crippen LogP contribution in [0, 0.1) is 11.7 Å². The van der Waals surface area contributed by atoms with E-state index in [0.717, 1.165) is 22.0 Å². The van der Waals surface area contributed by atoms with Crippen LogP contribution in [-0.4, -0.2) is 41.2 Å². The van der Waals surface area contributed by atoms with Crippen LogP contribution in [0.15, 0.2) is 71.6 Å². The molecule has 1 amide bonds. The molecule has 0 aromatic heterocycles. The highest BCUT2D eigenvalue weighted by atomic mass is 32.2. The molecule has 38 heavy (non-hydrogen) atoms. The molecule has 0 fully saturated rings. The van der Waals surface area contributed by atoms with Crippen LogP contribution in [0.4, 0.5) is 10.1 Å². The van der Waals surface area contributed by atoms with Crippen LogP contribution < -0.4 is 23.8 Å². The predicted octanol–water partition coefficient (Wildman–Crippen LogP) is 4.70. The number of fused-ring (bicyclic) bond motifs is 1. The molecule has 0 bridgehead atoms. The summed E-state index contributed by atoms with van der Waals surface area (Å²) in [4.78, 5) is 13.3. The topological polar surface area (TPSA) is 94.2 Å². The third-order valence-corrected chi connectivity index (χ3v) is 7.83. The van der Waals surface area contributed by atoms with Gasteiger partial charge in [-0.3, -0.25) is 9.10 Å². The van der Waals surface area contributed by atoms with Gasteiger partial charge in [0.2, 0.25) is 5.91 Å². The first kappa shape index (κ1) is 27.3. The van der Waals surface area contributed by atoms with Crippen LogP contribution >= 0.6 is 0 Å². The van der Waals surface area contributed by atoms with E-state index in [9.17, 15) is 17.6 Å². The summed E-state index contributed by atoms with van der Waals surface area (Å²) in [6, 6.07) is 16.3. The molecule has 8 nitrogen and oxygen atoms in total. The standard InChI is InChI=1S/C28H31FN2O6S/c1-19(2)16-25(20-4-10-23(35-3)11-5-20)30-28(32)18-31(22-8-6-21(29)7-9-22)38(33,34)24-12-13-26-27(17-24)37-15-14-36-26/h4-13,17,19,25H,14-16,18H2,1-3H3,(H,30,32)/t25-/m1/s1. The molecule has 4 rings (SSSR count). The third kappa shape index (κ3) is 6.36. The Morgan fingerprint density at radius 3 is 2.29 bits per heavy atom. The first-order chi connectivity index (χ1) is 18.2. The molecule has 0 unspecified atom stereocenters. The molecule has 0 aliphatic carbocycles. The van der Waals surface area contributed by atoms with Crippen LogP contribution in [0.3, 0.4) is 0 Å². The second kappa shape index (κ2) is 11.7. The van der Waals surface area contributed by atoms with Crippen LogP contribution in [0.1, 0.15) is 31.9 Å². The van der Waals surface area contributed by atoms with Gasteiger partial charge in [-0.25, -0.2) is 12.8 Å². The van der Waals surface area contributed by atoms with E-state index in [4.69, 9.17) is 14.2 Å². The number of nitrogens with zero attached hydrogens (tertiary/aromatic N) is 1. The summed E-state index contributed by atoms with van der Waals surface area (Å²) >= 11 is 0. The minimum absolute atomic E-state index is 0.0761. The Hall–Kier alpha value is -3.79. The Morgan fingerprint density at radius 1 is 1.00 bits per heavy atom. The second-order valence-corrected chi connectivity index (χ2v) is 11.2. The number of benzene rings is 3. The van der Waals surface area contributed by atoms with Gasteiger partial charge >= 0.3 is 0 Å². The monoisotopic (exact) mass is 542 g/mol.